The number of benzene rings is 2. The molecule has 0 aliphatic heterocycles. The Balaban J connectivity index is 1.86. The third-order valence-corrected chi connectivity index (χ3v) is 2.92. The molecule has 0 radical (unpaired) electrons. The summed E-state index contributed by atoms with van der Waals surface area (Å²) in [5, 5.41) is 0. The number of methoxy groups -OCH3 is 1. The van der Waals surface area contributed by atoms with E-state index in [2.05, 4.69) is 0 Å². The topological polar surface area (TPSA) is 71.1 Å². The zero-order chi connectivity index (χ0) is 17.2. The van der Waals surface area contributed by atoms with Gasteiger partial charge in [0, 0.05) is 7.11 Å². The molecular weight excluding hydrogens is 312 g/mol. The summed E-state index contributed by atoms with van der Waals surface area (Å²) in [6, 6.07) is 15.1. The molecule has 0 unspecified atom stereocenters. The Hall–Kier alpha value is -2.86. The van der Waals surface area contributed by atoms with E-state index >= 15 is 0 Å². The number of carbonyl (C=O) groups excluding carboxylic acids is 2. The second kappa shape index (κ2) is 9.32. The summed E-state index contributed by atoms with van der Waals surface area (Å²) >= 11 is 0. The second-order valence-electron chi connectivity index (χ2n) is 4.73. The number of carbonyl (C=O) groups is 2. The van der Waals surface area contributed by atoms with Gasteiger partial charge in [-0.3, -0.25) is 0 Å². The Labute approximate surface area is 139 Å². The van der Waals surface area contributed by atoms with Gasteiger partial charge in [0.15, 0.2) is 6.61 Å². The van der Waals surface area contributed by atoms with Gasteiger partial charge >= 0.3 is 11.9 Å². The van der Waals surface area contributed by atoms with Crippen LogP contribution in [0.3, 0.4) is 0 Å². The highest BCUT2D eigenvalue weighted by molar-refractivity contribution is 5.90. The standard InChI is InChI=1S/C18H18O6/c1-21-10-11-22-18(20)14-6-5-9-16(12-14)24-17(19)13-23-15-7-3-2-4-8-15/h2-9,12H,10-11,13H2,1H3. The summed E-state index contributed by atoms with van der Waals surface area (Å²) in [4.78, 5) is 23.6. The van der Waals surface area contributed by atoms with Crippen molar-refractivity contribution in [1.29, 1.82) is 0 Å². The van der Waals surface area contributed by atoms with Crippen molar-refractivity contribution in [2.45, 2.75) is 0 Å². The minimum absolute atomic E-state index is 0.157. The molecule has 0 heterocycles. The SMILES string of the molecule is COCCOC(=O)c1cccc(OC(=O)COc2ccccc2)c1. The molecule has 0 fully saturated rings. The maximum Gasteiger partial charge on any atom is 0.349 e. The van der Waals surface area contributed by atoms with Gasteiger partial charge in [-0.05, 0) is 30.3 Å². The quantitative estimate of drug-likeness (QED) is 0.421. The minimum Gasteiger partial charge on any atom is -0.482 e. The average molecular weight is 330 g/mol. The van der Waals surface area contributed by atoms with Gasteiger partial charge in [0.25, 0.3) is 0 Å². The largest absolute Gasteiger partial charge is 0.482 e. The third kappa shape index (κ3) is 5.73. The first-order valence-corrected chi connectivity index (χ1v) is 7.33. The van der Waals surface area contributed by atoms with Crippen molar-refractivity contribution >= 4 is 11.9 Å². The van der Waals surface area contributed by atoms with Crippen LogP contribution < -0.4 is 9.47 Å². The Morgan fingerprint density at radius 3 is 2.42 bits per heavy atom. The van der Waals surface area contributed by atoms with Crippen LogP contribution in [0, 0.1) is 0 Å². The van der Waals surface area contributed by atoms with Crippen LogP contribution in [0.1, 0.15) is 10.4 Å². The van der Waals surface area contributed by atoms with E-state index in [0.29, 0.717) is 17.9 Å². The van der Waals surface area contributed by atoms with Crippen molar-refractivity contribution in [2.75, 3.05) is 26.9 Å². The highest BCUT2D eigenvalue weighted by atomic mass is 16.6. The number of hydrogen-bond acceptors (Lipinski definition) is 6. The molecule has 0 aliphatic rings. The summed E-state index contributed by atoms with van der Waals surface area (Å²) in [7, 11) is 1.52. The number of hydrogen-bond donors (Lipinski definition) is 0. The van der Waals surface area contributed by atoms with Crippen LogP contribution in [0.15, 0.2) is 54.6 Å². The van der Waals surface area contributed by atoms with Crippen molar-refractivity contribution in [2.24, 2.45) is 0 Å². The summed E-state index contributed by atoms with van der Waals surface area (Å²) in [5.41, 5.74) is 0.292. The fraction of sp³-hybridized carbons (Fsp3) is 0.222. The number of ether oxygens (including phenoxy) is 4. The van der Waals surface area contributed by atoms with Crippen LogP contribution in [-0.4, -0.2) is 38.9 Å². The fourth-order valence-electron chi connectivity index (χ4n) is 1.81. The smallest absolute Gasteiger partial charge is 0.349 e. The van der Waals surface area contributed by atoms with E-state index < -0.39 is 11.9 Å². The van der Waals surface area contributed by atoms with Crippen LogP contribution in [0.5, 0.6) is 11.5 Å². The van der Waals surface area contributed by atoms with Gasteiger partial charge in [-0.25, -0.2) is 9.59 Å². The molecule has 6 nitrogen and oxygen atoms in total. The van der Waals surface area contributed by atoms with Crippen LogP contribution in [0.25, 0.3) is 0 Å². The molecule has 0 bridgehead atoms. The third-order valence-electron chi connectivity index (χ3n) is 2.92. The Bertz CT molecular complexity index is 668. The van der Waals surface area contributed by atoms with Crippen molar-refractivity contribution < 1.29 is 28.5 Å². The van der Waals surface area contributed by atoms with Gasteiger partial charge in [-0.2, -0.15) is 0 Å². The van der Waals surface area contributed by atoms with Crippen LogP contribution in [0.2, 0.25) is 0 Å². The number of para-hydroxylation sites is 1. The summed E-state index contributed by atoms with van der Waals surface area (Å²) < 4.78 is 20.3. The van der Waals surface area contributed by atoms with E-state index in [4.69, 9.17) is 18.9 Å². The molecular formula is C18H18O6. The van der Waals surface area contributed by atoms with Crippen molar-refractivity contribution in [1.82, 2.24) is 0 Å². The maximum atomic E-state index is 11.8. The highest BCUT2D eigenvalue weighted by Crippen LogP contribution is 2.15. The first kappa shape index (κ1) is 17.5. The molecule has 2 rings (SSSR count). The van der Waals surface area contributed by atoms with Crippen molar-refractivity contribution in [3.05, 3.63) is 60.2 Å². The zero-order valence-corrected chi connectivity index (χ0v) is 13.3. The number of esters is 2. The van der Waals surface area contributed by atoms with Gasteiger partial charge in [0.05, 0.1) is 12.2 Å². The van der Waals surface area contributed by atoms with Gasteiger partial charge in [-0.15, -0.1) is 0 Å². The molecule has 2 aromatic carbocycles. The van der Waals surface area contributed by atoms with Gasteiger partial charge in [0.1, 0.15) is 18.1 Å². The first-order chi connectivity index (χ1) is 11.7. The monoisotopic (exact) mass is 330 g/mol. The van der Waals surface area contributed by atoms with E-state index in [1.165, 1.54) is 13.2 Å². The average Bonchev–Trinajstić information content (AvgIpc) is 2.61. The summed E-state index contributed by atoms with van der Waals surface area (Å²) in [6.45, 7) is 0.244. The molecule has 0 N–H and O–H groups in total. The normalized spacial score (nSPS) is 10.0. The molecule has 0 saturated heterocycles. The molecule has 2 aromatic rings. The van der Waals surface area contributed by atoms with E-state index in [1.54, 1.807) is 42.5 Å². The lowest BCUT2D eigenvalue weighted by Crippen LogP contribution is -2.18. The Morgan fingerprint density at radius 1 is 0.917 bits per heavy atom. The van der Waals surface area contributed by atoms with Crippen LogP contribution >= 0.6 is 0 Å². The molecule has 6 heteroatoms. The Kier molecular flexibility index (Phi) is 6.79. The van der Waals surface area contributed by atoms with Gasteiger partial charge in [-0.1, -0.05) is 24.3 Å². The van der Waals surface area contributed by atoms with Crippen molar-refractivity contribution in [3.8, 4) is 11.5 Å². The molecule has 126 valence electrons. The molecule has 0 spiro atoms. The minimum atomic E-state index is -0.566. The molecule has 0 amide bonds. The first-order valence-electron chi connectivity index (χ1n) is 7.33. The van der Waals surface area contributed by atoms with E-state index in [0.717, 1.165) is 0 Å². The van der Waals surface area contributed by atoms with Gasteiger partial charge < -0.3 is 18.9 Å². The predicted octanol–water partition coefficient (Wildman–Crippen LogP) is 2.47. The fourth-order valence-corrected chi connectivity index (χ4v) is 1.81. The van der Waals surface area contributed by atoms with Crippen LogP contribution in [0.4, 0.5) is 0 Å². The lowest BCUT2D eigenvalue weighted by molar-refractivity contribution is -0.136. The summed E-state index contributed by atoms with van der Waals surface area (Å²) in [6.07, 6.45) is 0. The molecule has 0 atom stereocenters. The van der Waals surface area contributed by atoms with E-state index in [1.807, 2.05) is 6.07 Å². The van der Waals surface area contributed by atoms with E-state index in [-0.39, 0.29) is 19.0 Å². The summed E-state index contributed by atoms with van der Waals surface area (Å²) in [5.74, 6) is -0.253. The lowest BCUT2D eigenvalue weighted by Gasteiger charge is -2.08. The highest BCUT2D eigenvalue weighted by Gasteiger charge is 2.11. The lowest BCUT2D eigenvalue weighted by atomic mass is 10.2. The van der Waals surface area contributed by atoms with E-state index in [9.17, 15) is 9.59 Å². The number of rotatable bonds is 8. The van der Waals surface area contributed by atoms with Crippen molar-refractivity contribution in [3.63, 3.8) is 0 Å². The zero-order valence-electron chi connectivity index (χ0n) is 13.3. The van der Waals surface area contributed by atoms with Crippen LogP contribution in [-0.2, 0) is 14.3 Å². The molecule has 0 aromatic heterocycles. The maximum absolute atomic E-state index is 11.8. The molecule has 0 aliphatic carbocycles. The van der Waals surface area contributed by atoms with Gasteiger partial charge in [0.2, 0.25) is 0 Å². The predicted molar refractivity (Wildman–Crippen MR) is 86.2 cm³/mol. The molecule has 0 saturated carbocycles. The molecule has 24 heavy (non-hydrogen) atoms. The Morgan fingerprint density at radius 2 is 1.67 bits per heavy atom. The second-order valence-corrected chi connectivity index (χ2v) is 4.73.